The average molecular weight is 516 g/mol. The molecule has 184 valence electrons. The monoisotopic (exact) mass is 515 g/mol. The molecule has 2 aliphatic rings. The van der Waals surface area contributed by atoms with E-state index >= 15 is 0 Å². The SMILES string of the molecule is CCNS(=O)(=O)c1ccc(Cl)c(COC2(c3c[n+](O)ccc3-c3ccccc3OC3CC3)CC2)c1. The van der Waals surface area contributed by atoms with Crippen LogP contribution in [-0.4, -0.2) is 26.3 Å². The van der Waals surface area contributed by atoms with E-state index in [4.69, 9.17) is 21.1 Å². The van der Waals surface area contributed by atoms with Crippen LogP contribution in [0.5, 0.6) is 5.75 Å². The molecule has 0 aliphatic heterocycles. The molecule has 2 saturated carbocycles. The average Bonchev–Trinajstić information content (AvgIpc) is 3.76. The van der Waals surface area contributed by atoms with E-state index in [9.17, 15) is 13.6 Å². The van der Waals surface area contributed by atoms with E-state index in [1.165, 1.54) is 6.07 Å². The Morgan fingerprint density at radius 3 is 2.63 bits per heavy atom. The van der Waals surface area contributed by atoms with Gasteiger partial charge in [0.05, 0.1) is 23.2 Å². The highest BCUT2D eigenvalue weighted by atomic mass is 35.5. The lowest BCUT2D eigenvalue weighted by atomic mass is 9.96. The molecule has 0 bridgehead atoms. The predicted octanol–water partition coefficient (Wildman–Crippen LogP) is 4.58. The van der Waals surface area contributed by atoms with E-state index in [0.29, 0.717) is 17.1 Å². The zero-order valence-electron chi connectivity index (χ0n) is 19.4. The Bertz CT molecular complexity index is 1350. The fourth-order valence-corrected chi connectivity index (χ4v) is 5.43. The van der Waals surface area contributed by atoms with Crippen LogP contribution in [0, 0.1) is 0 Å². The van der Waals surface area contributed by atoms with Gasteiger partial charge in [0, 0.05) is 33.5 Å². The molecule has 2 aromatic carbocycles. The van der Waals surface area contributed by atoms with Gasteiger partial charge in [0.1, 0.15) is 11.4 Å². The second kappa shape index (κ2) is 9.43. The number of ether oxygens (including phenoxy) is 2. The van der Waals surface area contributed by atoms with E-state index in [1.54, 1.807) is 31.5 Å². The minimum atomic E-state index is -3.61. The molecule has 0 spiro atoms. The first-order valence-corrected chi connectivity index (χ1v) is 13.6. The van der Waals surface area contributed by atoms with Gasteiger partial charge in [-0.2, -0.15) is 0 Å². The minimum absolute atomic E-state index is 0.133. The van der Waals surface area contributed by atoms with Crippen LogP contribution in [0.1, 0.15) is 43.7 Å². The summed E-state index contributed by atoms with van der Waals surface area (Å²) in [6.07, 6.45) is 7.17. The third-order valence-electron chi connectivity index (χ3n) is 6.30. The van der Waals surface area contributed by atoms with Crippen molar-refractivity contribution < 1.29 is 27.8 Å². The van der Waals surface area contributed by atoms with Crippen molar-refractivity contribution in [1.29, 1.82) is 0 Å². The van der Waals surface area contributed by atoms with Gasteiger partial charge < -0.3 is 9.47 Å². The maximum atomic E-state index is 12.4. The molecule has 0 atom stereocenters. The maximum Gasteiger partial charge on any atom is 0.240 e. The van der Waals surface area contributed by atoms with Crippen LogP contribution in [0.3, 0.4) is 0 Å². The van der Waals surface area contributed by atoms with Crippen molar-refractivity contribution >= 4 is 21.6 Å². The third-order valence-corrected chi connectivity index (χ3v) is 8.21. The molecule has 0 saturated heterocycles. The number of hydrogen-bond donors (Lipinski definition) is 2. The Balaban J connectivity index is 1.45. The first-order chi connectivity index (χ1) is 16.8. The molecule has 9 heteroatoms. The van der Waals surface area contributed by atoms with E-state index in [-0.39, 0.29) is 17.6 Å². The molecule has 1 aromatic heterocycles. The number of nitrogens with zero attached hydrogens (tertiary/aromatic N) is 1. The smallest absolute Gasteiger partial charge is 0.240 e. The van der Waals surface area contributed by atoms with Gasteiger partial charge in [-0.05, 0) is 55.5 Å². The summed E-state index contributed by atoms with van der Waals surface area (Å²) in [7, 11) is -3.61. The minimum Gasteiger partial charge on any atom is -0.490 e. The van der Waals surface area contributed by atoms with Crippen molar-refractivity contribution in [2.24, 2.45) is 0 Å². The fraction of sp³-hybridized carbons (Fsp3) is 0.346. The molecule has 0 radical (unpaired) electrons. The van der Waals surface area contributed by atoms with Gasteiger partial charge in [0.2, 0.25) is 22.4 Å². The van der Waals surface area contributed by atoms with Crippen LogP contribution in [-0.2, 0) is 27.0 Å². The Kier molecular flexibility index (Phi) is 6.48. The number of benzene rings is 2. The summed E-state index contributed by atoms with van der Waals surface area (Å²) in [4.78, 5) is 0.145. The molecule has 1 heterocycles. The van der Waals surface area contributed by atoms with Crippen molar-refractivity contribution in [3.8, 4) is 16.9 Å². The topological polar surface area (TPSA) is 88.7 Å². The molecule has 0 amide bonds. The molecule has 0 unspecified atom stereocenters. The second-order valence-corrected chi connectivity index (χ2v) is 11.2. The number of hydrogen-bond acceptors (Lipinski definition) is 5. The van der Waals surface area contributed by atoms with Crippen LogP contribution in [0.15, 0.2) is 65.8 Å². The zero-order chi connectivity index (χ0) is 24.6. The van der Waals surface area contributed by atoms with E-state index in [1.807, 2.05) is 30.3 Å². The summed E-state index contributed by atoms with van der Waals surface area (Å²) in [5, 5.41) is 10.7. The molecule has 2 aliphatic carbocycles. The van der Waals surface area contributed by atoms with Crippen LogP contribution < -0.4 is 14.2 Å². The molecule has 7 nitrogen and oxygen atoms in total. The molecule has 2 N–H and O–H groups in total. The van der Waals surface area contributed by atoms with Crippen molar-refractivity contribution in [2.45, 2.75) is 55.8 Å². The van der Waals surface area contributed by atoms with Gasteiger partial charge in [0.25, 0.3) is 0 Å². The zero-order valence-corrected chi connectivity index (χ0v) is 21.0. The Morgan fingerprint density at radius 1 is 1.14 bits per heavy atom. The maximum absolute atomic E-state index is 12.4. The second-order valence-electron chi connectivity index (χ2n) is 9.00. The number of pyridine rings is 1. The lowest BCUT2D eigenvalue weighted by Gasteiger charge is -2.20. The number of nitrogens with one attached hydrogen (secondary N) is 1. The van der Waals surface area contributed by atoms with Gasteiger partial charge in [-0.15, -0.1) is 0 Å². The van der Waals surface area contributed by atoms with Gasteiger partial charge >= 0.3 is 0 Å². The van der Waals surface area contributed by atoms with Crippen molar-refractivity contribution in [3.63, 3.8) is 0 Å². The van der Waals surface area contributed by atoms with Crippen molar-refractivity contribution in [1.82, 2.24) is 4.72 Å². The number of aromatic nitrogens is 1. The number of rotatable bonds is 10. The highest BCUT2D eigenvalue weighted by Crippen LogP contribution is 2.53. The number of para-hydroxylation sites is 1. The summed E-state index contributed by atoms with van der Waals surface area (Å²) < 4.78 is 41.0. The number of halogens is 1. The van der Waals surface area contributed by atoms with Crippen LogP contribution in [0.4, 0.5) is 0 Å². The van der Waals surface area contributed by atoms with Gasteiger partial charge in [-0.1, -0.05) is 36.7 Å². The molecule has 3 aromatic rings. The van der Waals surface area contributed by atoms with Crippen LogP contribution in [0.25, 0.3) is 11.1 Å². The van der Waals surface area contributed by atoms with Crippen LogP contribution >= 0.6 is 11.6 Å². The molecule has 5 rings (SSSR count). The molecule has 35 heavy (non-hydrogen) atoms. The highest BCUT2D eigenvalue weighted by molar-refractivity contribution is 7.89. The van der Waals surface area contributed by atoms with Crippen LogP contribution in [0.2, 0.25) is 5.02 Å². The van der Waals surface area contributed by atoms with Crippen molar-refractivity contribution in [2.75, 3.05) is 6.54 Å². The lowest BCUT2D eigenvalue weighted by Crippen LogP contribution is -2.31. The lowest BCUT2D eigenvalue weighted by molar-refractivity contribution is -0.905. The number of sulfonamides is 1. The summed E-state index contributed by atoms with van der Waals surface area (Å²) in [5.74, 6) is 0.812. The standard InChI is InChI=1S/C26H28ClN2O5S/c1-2-28-35(31,32)20-9-10-24(27)18(15-20)17-33-26(12-13-26)23-16-29(30)14-11-21(23)22-5-3-4-6-25(22)34-19-7-8-19/h3-6,9-11,14-16,19,28,30H,2,7-8,12-13,17H2,1H3/q+1. The first kappa shape index (κ1) is 24.1. The molecule has 2 fully saturated rings. The summed E-state index contributed by atoms with van der Waals surface area (Å²) in [5.41, 5.74) is 2.69. The Hall–Kier alpha value is -2.65. The fourth-order valence-electron chi connectivity index (χ4n) is 4.16. The Morgan fingerprint density at radius 2 is 1.91 bits per heavy atom. The quantitative estimate of drug-likeness (QED) is 0.305. The van der Waals surface area contributed by atoms with E-state index in [2.05, 4.69) is 4.72 Å². The first-order valence-electron chi connectivity index (χ1n) is 11.7. The molecular formula is C26H28ClN2O5S+. The predicted molar refractivity (Wildman–Crippen MR) is 131 cm³/mol. The largest absolute Gasteiger partial charge is 0.490 e. The Labute approximate surface area is 210 Å². The van der Waals surface area contributed by atoms with E-state index in [0.717, 1.165) is 52.9 Å². The van der Waals surface area contributed by atoms with Gasteiger partial charge in [-0.25, -0.2) is 13.1 Å². The summed E-state index contributed by atoms with van der Waals surface area (Å²) in [6, 6.07) is 14.4. The van der Waals surface area contributed by atoms with Gasteiger partial charge in [-0.3, -0.25) is 5.21 Å². The highest BCUT2D eigenvalue weighted by Gasteiger charge is 2.49. The normalized spacial score (nSPS) is 16.7. The van der Waals surface area contributed by atoms with Crippen molar-refractivity contribution in [3.05, 3.63) is 77.1 Å². The molecular weight excluding hydrogens is 488 g/mol. The van der Waals surface area contributed by atoms with E-state index < -0.39 is 15.6 Å². The van der Waals surface area contributed by atoms with Gasteiger partial charge in [0.15, 0.2) is 0 Å². The summed E-state index contributed by atoms with van der Waals surface area (Å²) in [6.45, 7) is 2.16. The summed E-state index contributed by atoms with van der Waals surface area (Å²) >= 11 is 6.39. The third kappa shape index (κ3) is 5.16.